The van der Waals surface area contributed by atoms with Crippen LogP contribution in [0.4, 0.5) is 0 Å². The van der Waals surface area contributed by atoms with Gasteiger partial charge in [-0.3, -0.25) is 0 Å². The maximum Gasteiger partial charge on any atom is 0.0357 e. The average Bonchev–Trinajstić information content (AvgIpc) is 2.43. The fourth-order valence-electron chi connectivity index (χ4n) is 3.69. The van der Waals surface area contributed by atoms with E-state index in [4.69, 9.17) is 5.73 Å². The smallest absolute Gasteiger partial charge is 0.0357 e. The van der Waals surface area contributed by atoms with Gasteiger partial charge in [0.2, 0.25) is 0 Å². The summed E-state index contributed by atoms with van der Waals surface area (Å²) < 4.78 is 0. The minimum atomic E-state index is 0.192. The molecule has 20 heavy (non-hydrogen) atoms. The number of hydrogen-bond donors (Lipinski definition) is 1. The SMILES string of the molecule is Cc1ccc(CC(N)C2(N(C)C)CCCCC2)cc1C. The monoisotopic (exact) mass is 274 g/mol. The predicted molar refractivity (Wildman–Crippen MR) is 87.1 cm³/mol. The summed E-state index contributed by atoms with van der Waals surface area (Å²) in [5.74, 6) is 0. The zero-order valence-electron chi connectivity index (χ0n) is 13.6. The highest BCUT2D eigenvalue weighted by Crippen LogP contribution is 2.35. The number of hydrogen-bond acceptors (Lipinski definition) is 2. The molecule has 2 heteroatoms. The molecule has 1 aromatic carbocycles. The van der Waals surface area contributed by atoms with Crippen LogP contribution in [0.1, 0.15) is 48.8 Å². The van der Waals surface area contributed by atoms with Gasteiger partial charge < -0.3 is 10.6 Å². The number of rotatable bonds is 4. The molecule has 0 amide bonds. The van der Waals surface area contributed by atoms with Gasteiger partial charge in [0, 0.05) is 11.6 Å². The molecule has 1 aliphatic carbocycles. The lowest BCUT2D eigenvalue weighted by atomic mass is 9.74. The molecule has 1 atom stereocenters. The summed E-state index contributed by atoms with van der Waals surface area (Å²) in [5, 5.41) is 0. The zero-order valence-corrected chi connectivity index (χ0v) is 13.6. The van der Waals surface area contributed by atoms with Crippen LogP contribution in [0.2, 0.25) is 0 Å². The Morgan fingerprint density at radius 1 is 1.10 bits per heavy atom. The molecule has 1 aliphatic rings. The first-order chi connectivity index (χ1) is 9.45. The maximum absolute atomic E-state index is 6.66. The van der Waals surface area contributed by atoms with E-state index in [0.29, 0.717) is 0 Å². The van der Waals surface area contributed by atoms with E-state index in [2.05, 4.69) is 51.0 Å². The first kappa shape index (κ1) is 15.5. The van der Waals surface area contributed by atoms with E-state index >= 15 is 0 Å². The second kappa shape index (κ2) is 6.28. The van der Waals surface area contributed by atoms with Gasteiger partial charge in [0.05, 0.1) is 0 Å². The molecular weight excluding hydrogens is 244 g/mol. The van der Waals surface area contributed by atoms with Crippen LogP contribution >= 0.6 is 0 Å². The lowest BCUT2D eigenvalue weighted by Crippen LogP contribution is -2.59. The minimum Gasteiger partial charge on any atom is -0.326 e. The minimum absolute atomic E-state index is 0.192. The van der Waals surface area contributed by atoms with Crippen molar-refractivity contribution in [2.45, 2.75) is 64.0 Å². The standard InChI is InChI=1S/C18H30N2/c1-14-8-9-16(12-15(14)2)13-17(19)18(20(3)4)10-6-5-7-11-18/h8-9,12,17H,5-7,10-11,13,19H2,1-4H3. The lowest BCUT2D eigenvalue weighted by molar-refractivity contribution is 0.0716. The molecule has 2 N–H and O–H groups in total. The Bertz CT molecular complexity index is 445. The van der Waals surface area contributed by atoms with Crippen molar-refractivity contribution >= 4 is 0 Å². The summed E-state index contributed by atoms with van der Waals surface area (Å²) in [5.41, 5.74) is 11.0. The molecule has 0 bridgehead atoms. The van der Waals surface area contributed by atoms with Crippen LogP contribution in [0.15, 0.2) is 18.2 Å². The topological polar surface area (TPSA) is 29.3 Å². The molecule has 1 unspecified atom stereocenters. The third kappa shape index (κ3) is 3.07. The van der Waals surface area contributed by atoms with Crippen LogP contribution in [0.3, 0.4) is 0 Å². The Balaban J connectivity index is 2.15. The number of benzene rings is 1. The van der Waals surface area contributed by atoms with Crippen molar-refractivity contribution in [2.75, 3.05) is 14.1 Å². The first-order valence-electron chi connectivity index (χ1n) is 7.95. The van der Waals surface area contributed by atoms with Crippen LogP contribution in [0.25, 0.3) is 0 Å². The van der Waals surface area contributed by atoms with E-state index in [1.807, 2.05) is 0 Å². The molecular formula is C18H30N2. The van der Waals surface area contributed by atoms with Gasteiger partial charge >= 0.3 is 0 Å². The average molecular weight is 274 g/mol. The Labute approximate surface area is 124 Å². The van der Waals surface area contributed by atoms with E-state index in [-0.39, 0.29) is 11.6 Å². The van der Waals surface area contributed by atoms with Crippen LogP contribution in [-0.2, 0) is 6.42 Å². The van der Waals surface area contributed by atoms with Crippen LogP contribution in [0, 0.1) is 13.8 Å². The number of nitrogens with zero attached hydrogens (tertiary/aromatic N) is 1. The largest absolute Gasteiger partial charge is 0.326 e. The van der Waals surface area contributed by atoms with E-state index in [9.17, 15) is 0 Å². The van der Waals surface area contributed by atoms with Crippen molar-refractivity contribution in [1.82, 2.24) is 4.90 Å². The summed E-state index contributed by atoms with van der Waals surface area (Å²) >= 11 is 0. The molecule has 0 spiro atoms. The van der Waals surface area contributed by atoms with Gasteiger partial charge in [-0.2, -0.15) is 0 Å². The third-order valence-corrected chi connectivity index (χ3v) is 5.33. The molecule has 0 radical (unpaired) electrons. The molecule has 2 nitrogen and oxygen atoms in total. The van der Waals surface area contributed by atoms with E-state index in [1.165, 1.54) is 48.8 Å². The van der Waals surface area contributed by atoms with Crippen molar-refractivity contribution in [3.05, 3.63) is 34.9 Å². The van der Waals surface area contributed by atoms with Crippen molar-refractivity contribution in [3.63, 3.8) is 0 Å². The highest BCUT2D eigenvalue weighted by atomic mass is 15.2. The van der Waals surface area contributed by atoms with Crippen molar-refractivity contribution in [1.29, 1.82) is 0 Å². The van der Waals surface area contributed by atoms with Gasteiger partial charge in [-0.25, -0.2) is 0 Å². The number of aryl methyl sites for hydroxylation is 2. The molecule has 0 heterocycles. The molecule has 0 aliphatic heterocycles. The van der Waals surface area contributed by atoms with Gasteiger partial charge in [-0.1, -0.05) is 37.5 Å². The van der Waals surface area contributed by atoms with Crippen molar-refractivity contribution in [3.8, 4) is 0 Å². The predicted octanol–water partition coefficient (Wildman–Crippen LogP) is 3.44. The summed E-state index contributed by atoms with van der Waals surface area (Å²) in [6.45, 7) is 4.36. The van der Waals surface area contributed by atoms with Gasteiger partial charge in [0.25, 0.3) is 0 Å². The van der Waals surface area contributed by atoms with Crippen LogP contribution < -0.4 is 5.73 Å². The quantitative estimate of drug-likeness (QED) is 0.911. The van der Waals surface area contributed by atoms with Gasteiger partial charge in [0.15, 0.2) is 0 Å². The summed E-state index contributed by atoms with van der Waals surface area (Å²) in [6, 6.07) is 7.00. The fraction of sp³-hybridized carbons (Fsp3) is 0.667. The Hall–Kier alpha value is -0.860. The van der Waals surface area contributed by atoms with Gasteiger partial charge in [0.1, 0.15) is 0 Å². The second-order valence-corrected chi connectivity index (χ2v) is 6.79. The normalized spacial score (nSPS) is 20.1. The van der Waals surface area contributed by atoms with Crippen molar-refractivity contribution < 1.29 is 0 Å². The number of likely N-dealkylation sites (N-methyl/N-ethyl adjacent to an activating group) is 1. The summed E-state index contributed by atoms with van der Waals surface area (Å²) in [7, 11) is 4.40. The lowest BCUT2D eigenvalue weighted by Gasteiger charge is -2.47. The number of nitrogens with two attached hydrogens (primary N) is 1. The molecule has 1 aromatic rings. The van der Waals surface area contributed by atoms with Crippen LogP contribution in [-0.4, -0.2) is 30.6 Å². The molecule has 1 saturated carbocycles. The van der Waals surface area contributed by atoms with Crippen molar-refractivity contribution in [2.24, 2.45) is 5.73 Å². The fourth-order valence-corrected chi connectivity index (χ4v) is 3.69. The molecule has 112 valence electrons. The highest BCUT2D eigenvalue weighted by Gasteiger charge is 2.39. The third-order valence-electron chi connectivity index (χ3n) is 5.33. The zero-order chi connectivity index (χ0) is 14.8. The maximum atomic E-state index is 6.66. The Morgan fingerprint density at radius 2 is 1.75 bits per heavy atom. The molecule has 0 aromatic heterocycles. The summed E-state index contributed by atoms with van der Waals surface area (Å²) in [6.07, 6.45) is 7.47. The second-order valence-electron chi connectivity index (χ2n) is 6.79. The van der Waals surface area contributed by atoms with E-state index < -0.39 is 0 Å². The highest BCUT2D eigenvalue weighted by molar-refractivity contribution is 5.30. The van der Waals surface area contributed by atoms with Gasteiger partial charge in [-0.05, 0) is 63.9 Å². The Kier molecular flexibility index (Phi) is 4.87. The molecule has 0 saturated heterocycles. The first-order valence-corrected chi connectivity index (χ1v) is 7.95. The Morgan fingerprint density at radius 3 is 2.30 bits per heavy atom. The molecule has 1 fully saturated rings. The molecule has 2 rings (SSSR count). The van der Waals surface area contributed by atoms with E-state index in [0.717, 1.165) is 6.42 Å². The van der Waals surface area contributed by atoms with E-state index in [1.54, 1.807) is 0 Å². The summed E-state index contributed by atoms with van der Waals surface area (Å²) in [4.78, 5) is 2.39. The van der Waals surface area contributed by atoms with Gasteiger partial charge in [-0.15, -0.1) is 0 Å². The van der Waals surface area contributed by atoms with Crippen LogP contribution in [0.5, 0.6) is 0 Å².